The van der Waals surface area contributed by atoms with Crippen molar-refractivity contribution >= 4 is 5.69 Å². The summed E-state index contributed by atoms with van der Waals surface area (Å²) in [6, 6.07) is 6.40. The van der Waals surface area contributed by atoms with Gasteiger partial charge in [-0.15, -0.1) is 0 Å². The molecule has 0 radical (unpaired) electrons. The van der Waals surface area contributed by atoms with E-state index in [-0.39, 0.29) is 24.8 Å². The van der Waals surface area contributed by atoms with Gasteiger partial charge >= 0.3 is 0 Å². The second-order valence-electron chi connectivity index (χ2n) is 4.72. The number of nitrogens with one attached hydrogen (secondary N) is 2. The first-order valence-corrected chi connectivity index (χ1v) is 6.55. The van der Waals surface area contributed by atoms with Crippen molar-refractivity contribution in [1.29, 1.82) is 0 Å². The number of halogens is 1. The number of ether oxygens (including phenoxy) is 2. The summed E-state index contributed by atoms with van der Waals surface area (Å²) in [5, 5.41) is 6.37. The summed E-state index contributed by atoms with van der Waals surface area (Å²) in [6.45, 7) is 8.46. The number of benzene rings is 1. The fraction of sp³-hybridized carbons (Fsp3) is 0.467. The number of anilines is 1. The molecule has 0 heterocycles. The Morgan fingerprint density at radius 2 is 2.20 bits per heavy atom. The molecular weight excluding hydrogens is 259 g/mol. The smallest absolute Gasteiger partial charge is 0.146 e. The minimum atomic E-state index is -0.266. The van der Waals surface area contributed by atoms with Gasteiger partial charge in [-0.3, -0.25) is 0 Å². The molecule has 20 heavy (non-hydrogen) atoms. The second-order valence-corrected chi connectivity index (χ2v) is 4.72. The lowest BCUT2D eigenvalue weighted by molar-refractivity contribution is -0.0754. The van der Waals surface area contributed by atoms with E-state index in [1.165, 1.54) is 12.1 Å². The number of hydrogen-bond donors (Lipinski definition) is 2. The first-order valence-electron chi connectivity index (χ1n) is 6.55. The SMILES string of the molecule is C=C(C)NC(C)C(CNc1cccc(F)c1)OCOC. The van der Waals surface area contributed by atoms with Crippen molar-refractivity contribution in [2.75, 3.05) is 25.8 Å². The molecule has 112 valence electrons. The maximum Gasteiger partial charge on any atom is 0.146 e. The van der Waals surface area contributed by atoms with Crippen LogP contribution in [0.3, 0.4) is 0 Å². The molecule has 0 saturated heterocycles. The Kier molecular flexibility index (Phi) is 7.04. The lowest BCUT2D eigenvalue weighted by atomic mass is 10.1. The molecule has 0 bridgehead atoms. The molecule has 0 aliphatic rings. The molecule has 2 unspecified atom stereocenters. The summed E-state index contributed by atoms with van der Waals surface area (Å²) >= 11 is 0. The van der Waals surface area contributed by atoms with Crippen LogP contribution >= 0.6 is 0 Å². The molecule has 0 amide bonds. The van der Waals surface area contributed by atoms with Crippen molar-refractivity contribution in [3.63, 3.8) is 0 Å². The first kappa shape index (κ1) is 16.5. The zero-order chi connectivity index (χ0) is 15.0. The van der Waals surface area contributed by atoms with E-state index in [0.29, 0.717) is 6.54 Å². The van der Waals surface area contributed by atoms with Crippen LogP contribution in [-0.2, 0) is 9.47 Å². The zero-order valence-corrected chi connectivity index (χ0v) is 12.3. The van der Waals surface area contributed by atoms with E-state index in [1.807, 2.05) is 19.9 Å². The van der Waals surface area contributed by atoms with Crippen LogP contribution in [0.4, 0.5) is 10.1 Å². The lowest BCUT2D eigenvalue weighted by Gasteiger charge is -2.26. The summed E-state index contributed by atoms with van der Waals surface area (Å²) < 4.78 is 23.7. The quantitative estimate of drug-likeness (QED) is 0.683. The summed E-state index contributed by atoms with van der Waals surface area (Å²) in [4.78, 5) is 0. The van der Waals surface area contributed by atoms with Gasteiger partial charge in [-0.1, -0.05) is 12.6 Å². The summed E-state index contributed by atoms with van der Waals surface area (Å²) in [5.41, 5.74) is 1.59. The van der Waals surface area contributed by atoms with Crippen LogP contribution in [0.5, 0.6) is 0 Å². The predicted octanol–water partition coefficient (Wildman–Crippen LogP) is 2.74. The predicted molar refractivity (Wildman–Crippen MR) is 79.1 cm³/mol. The van der Waals surface area contributed by atoms with Gasteiger partial charge in [0, 0.05) is 25.0 Å². The standard InChI is InChI=1S/C15H23FN2O2/c1-11(2)18-12(3)15(20-10-19-4)9-17-14-7-5-6-13(16)8-14/h5-8,12,15,17-18H,1,9-10H2,2-4H3. The Morgan fingerprint density at radius 3 is 2.80 bits per heavy atom. The molecule has 2 atom stereocenters. The minimum Gasteiger partial charge on any atom is -0.384 e. The van der Waals surface area contributed by atoms with E-state index in [2.05, 4.69) is 17.2 Å². The number of rotatable bonds is 9. The van der Waals surface area contributed by atoms with Crippen LogP contribution in [0, 0.1) is 5.82 Å². The lowest BCUT2D eigenvalue weighted by Crippen LogP contribution is -2.42. The molecule has 0 aliphatic carbocycles. The molecule has 0 fully saturated rings. The van der Waals surface area contributed by atoms with Crippen molar-refractivity contribution in [3.8, 4) is 0 Å². The fourth-order valence-corrected chi connectivity index (χ4v) is 1.83. The van der Waals surface area contributed by atoms with Crippen molar-refractivity contribution in [1.82, 2.24) is 5.32 Å². The van der Waals surface area contributed by atoms with E-state index in [1.54, 1.807) is 13.2 Å². The van der Waals surface area contributed by atoms with Crippen molar-refractivity contribution in [3.05, 3.63) is 42.4 Å². The summed E-state index contributed by atoms with van der Waals surface area (Å²) in [7, 11) is 1.58. The molecule has 0 spiro atoms. The van der Waals surface area contributed by atoms with Gasteiger partial charge in [-0.25, -0.2) is 4.39 Å². The van der Waals surface area contributed by atoms with Crippen LogP contribution < -0.4 is 10.6 Å². The van der Waals surface area contributed by atoms with Crippen LogP contribution in [0.1, 0.15) is 13.8 Å². The van der Waals surface area contributed by atoms with E-state index >= 15 is 0 Å². The maximum absolute atomic E-state index is 13.1. The Hall–Kier alpha value is -1.59. The molecule has 1 rings (SSSR count). The second kappa shape index (κ2) is 8.55. The third-order valence-corrected chi connectivity index (χ3v) is 2.76. The van der Waals surface area contributed by atoms with E-state index in [4.69, 9.17) is 9.47 Å². The molecule has 1 aromatic carbocycles. The molecular formula is C15H23FN2O2. The van der Waals surface area contributed by atoms with Gasteiger partial charge in [-0.2, -0.15) is 0 Å². The molecule has 0 aromatic heterocycles. The van der Waals surface area contributed by atoms with Gasteiger partial charge in [0.1, 0.15) is 12.6 Å². The molecule has 2 N–H and O–H groups in total. The topological polar surface area (TPSA) is 42.5 Å². The van der Waals surface area contributed by atoms with E-state index < -0.39 is 0 Å². The highest BCUT2D eigenvalue weighted by atomic mass is 19.1. The van der Waals surface area contributed by atoms with Crippen LogP contribution in [0.15, 0.2) is 36.5 Å². The zero-order valence-electron chi connectivity index (χ0n) is 12.3. The van der Waals surface area contributed by atoms with Crippen LogP contribution in [0.2, 0.25) is 0 Å². The number of methoxy groups -OCH3 is 1. The fourth-order valence-electron chi connectivity index (χ4n) is 1.83. The highest BCUT2D eigenvalue weighted by Gasteiger charge is 2.17. The monoisotopic (exact) mass is 282 g/mol. The number of hydrogen-bond acceptors (Lipinski definition) is 4. The largest absolute Gasteiger partial charge is 0.384 e. The van der Waals surface area contributed by atoms with E-state index in [0.717, 1.165) is 11.4 Å². The highest BCUT2D eigenvalue weighted by molar-refractivity contribution is 5.43. The van der Waals surface area contributed by atoms with Gasteiger partial charge in [0.25, 0.3) is 0 Å². The summed E-state index contributed by atoms with van der Waals surface area (Å²) in [5.74, 6) is -0.266. The first-order chi connectivity index (χ1) is 9.52. The molecule has 0 aliphatic heterocycles. The van der Waals surface area contributed by atoms with Crippen LogP contribution in [0.25, 0.3) is 0 Å². The van der Waals surface area contributed by atoms with Gasteiger partial charge in [0.2, 0.25) is 0 Å². The number of allylic oxidation sites excluding steroid dienone is 1. The average molecular weight is 282 g/mol. The highest BCUT2D eigenvalue weighted by Crippen LogP contribution is 2.10. The van der Waals surface area contributed by atoms with Crippen molar-refractivity contribution in [2.24, 2.45) is 0 Å². The molecule has 4 nitrogen and oxygen atoms in total. The maximum atomic E-state index is 13.1. The van der Waals surface area contributed by atoms with Gasteiger partial charge in [0.15, 0.2) is 0 Å². The Morgan fingerprint density at radius 1 is 1.45 bits per heavy atom. The third kappa shape index (κ3) is 6.04. The molecule has 5 heteroatoms. The molecule has 0 saturated carbocycles. The third-order valence-electron chi connectivity index (χ3n) is 2.76. The van der Waals surface area contributed by atoms with Crippen molar-refractivity contribution < 1.29 is 13.9 Å². The van der Waals surface area contributed by atoms with Gasteiger partial charge in [-0.05, 0) is 32.0 Å². The summed E-state index contributed by atoms with van der Waals surface area (Å²) in [6.07, 6.45) is -0.130. The minimum absolute atomic E-state index is 0.0590. The Balaban J connectivity index is 2.57. The van der Waals surface area contributed by atoms with Gasteiger partial charge in [0.05, 0.1) is 12.1 Å². The van der Waals surface area contributed by atoms with Crippen molar-refractivity contribution in [2.45, 2.75) is 26.0 Å². The van der Waals surface area contributed by atoms with E-state index in [9.17, 15) is 4.39 Å². The van der Waals surface area contributed by atoms with Gasteiger partial charge < -0.3 is 20.1 Å². The molecule has 1 aromatic rings. The average Bonchev–Trinajstić information content (AvgIpc) is 2.38. The Bertz CT molecular complexity index is 426. The Labute approximate surface area is 120 Å². The van der Waals surface area contributed by atoms with Crippen LogP contribution in [-0.4, -0.2) is 32.6 Å². The normalized spacial score (nSPS) is 13.6.